The van der Waals surface area contributed by atoms with E-state index < -0.39 is 10.0 Å². The van der Waals surface area contributed by atoms with Crippen LogP contribution in [-0.4, -0.2) is 88.0 Å². The molecule has 5 rings (SSSR count). The largest absolute Gasteiger partial charge is 0.494 e. The highest BCUT2D eigenvalue weighted by molar-refractivity contribution is 7.92. The first-order valence-electron chi connectivity index (χ1n) is 14.4. The van der Waals surface area contributed by atoms with Gasteiger partial charge in [0.05, 0.1) is 60.8 Å². The van der Waals surface area contributed by atoms with E-state index in [4.69, 9.17) is 19.2 Å². The van der Waals surface area contributed by atoms with Crippen LogP contribution in [0.15, 0.2) is 71.7 Å². The molecule has 1 aromatic heterocycles. The SMILES string of the molecule is CCOc1cc2[nH]c(O)c(C(=Nc3ccc(N(CCN4CCOCC4)S(C)(=O)=O)cc3)c3ccccc3)c2cc1OCC. The monoisotopic (exact) mass is 606 g/mol. The van der Waals surface area contributed by atoms with Gasteiger partial charge >= 0.3 is 0 Å². The Kier molecular flexibility index (Phi) is 9.54. The average molecular weight is 607 g/mol. The molecule has 3 aromatic carbocycles. The number of hydrogen-bond acceptors (Lipinski definition) is 8. The molecule has 43 heavy (non-hydrogen) atoms. The smallest absolute Gasteiger partial charge is 0.232 e. The van der Waals surface area contributed by atoms with Gasteiger partial charge in [0, 0.05) is 43.2 Å². The van der Waals surface area contributed by atoms with Gasteiger partial charge in [-0.05, 0) is 44.2 Å². The second-order valence-corrected chi connectivity index (χ2v) is 12.1. The molecule has 0 atom stereocenters. The lowest BCUT2D eigenvalue weighted by molar-refractivity contribution is 0.0395. The normalized spacial score (nSPS) is 14.6. The van der Waals surface area contributed by atoms with Crippen LogP contribution in [0.1, 0.15) is 25.0 Å². The van der Waals surface area contributed by atoms with Crippen molar-refractivity contribution in [1.29, 1.82) is 0 Å². The van der Waals surface area contributed by atoms with Gasteiger partial charge in [-0.3, -0.25) is 9.21 Å². The Bertz CT molecular complexity index is 1660. The molecule has 1 saturated heterocycles. The molecule has 4 aromatic rings. The highest BCUT2D eigenvalue weighted by Gasteiger charge is 2.22. The molecule has 0 radical (unpaired) electrons. The van der Waals surface area contributed by atoms with Gasteiger partial charge in [-0.25, -0.2) is 13.4 Å². The van der Waals surface area contributed by atoms with Crippen LogP contribution in [-0.2, 0) is 14.8 Å². The minimum absolute atomic E-state index is 0.0308. The molecule has 0 bridgehead atoms. The van der Waals surface area contributed by atoms with Crippen LogP contribution in [0, 0.1) is 0 Å². The Balaban J connectivity index is 1.53. The van der Waals surface area contributed by atoms with Gasteiger partial charge in [-0.2, -0.15) is 0 Å². The Morgan fingerprint density at radius 3 is 2.28 bits per heavy atom. The van der Waals surface area contributed by atoms with Gasteiger partial charge in [0.2, 0.25) is 10.0 Å². The number of aliphatic imine (C=N–C) groups is 1. The summed E-state index contributed by atoms with van der Waals surface area (Å²) in [5.41, 5.74) is 3.73. The number of ether oxygens (including phenoxy) is 3. The van der Waals surface area contributed by atoms with Crippen LogP contribution in [0.5, 0.6) is 17.4 Å². The summed E-state index contributed by atoms with van der Waals surface area (Å²) in [6.07, 6.45) is 1.22. The number of aromatic hydroxyl groups is 1. The van der Waals surface area contributed by atoms with Gasteiger partial charge in [0.1, 0.15) is 0 Å². The molecule has 1 aliphatic heterocycles. The van der Waals surface area contributed by atoms with Crippen molar-refractivity contribution < 1.29 is 27.7 Å². The summed E-state index contributed by atoms with van der Waals surface area (Å²) in [4.78, 5) is 10.2. The molecular formula is C32H38N4O6S. The van der Waals surface area contributed by atoms with Crippen LogP contribution >= 0.6 is 0 Å². The summed E-state index contributed by atoms with van der Waals surface area (Å²) in [5, 5.41) is 11.9. The van der Waals surface area contributed by atoms with Crippen molar-refractivity contribution in [3.63, 3.8) is 0 Å². The Morgan fingerprint density at radius 2 is 1.65 bits per heavy atom. The molecule has 11 heteroatoms. The fourth-order valence-corrected chi connectivity index (χ4v) is 6.11. The van der Waals surface area contributed by atoms with Crippen molar-refractivity contribution in [1.82, 2.24) is 9.88 Å². The number of morpholine rings is 1. The number of H-pyrrole nitrogens is 1. The lowest BCUT2D eigenvalue weighted by Crippen LogP contribution is -2.42. The van der Waals surface area contributed by atoms with E-state index in [0.29, 0.717) is 79.2 Å². The predicted octanol–water partition coefficient (Wildman–Crippen LogP) is 4.94. The van der Waals surface area contributed by atoms with E-state index in [9.17, 15) is 13.5 Å². The maximum Gasteiger partial charge on any atom is 0.232 e. The summed E-state index contributed by atoms with van der Waals surface area (Å²) < 4.78 is 43.9. The minimum atomic E-state index is -3.50. The van der Waals surface area contributed by atoms with Gasteiger partial charge in [-0.15, -0.1) is 0 Å². The lowest BCUT2D eigenvalue weighted by atomic mass is 10.0. The van der Waals surface area contributed by atoms with Gasteiger partial charge in [0.15, 0.2) is 17.4 Å². The molecule has 10 nitrogen and oxygen atoms in total. The molecular weight excluding hydrogens is 568 g/mol. The quantitative estimate of drug-likeness (QED) is 0.220. The van der Waals surface area contributed by atoms with Gasteiger partial charge in [0.25, 0.3) is 0 Å². The molecule has 1 aliphatic rings. The van der Waals surface area contributed by atoms with Crippen LogP contribution < -0.4 is 13.8 Å². The third-order valence-electron chi connectivity index (χ3n) is 7.23. The number of benzene rings is 3. The molecule has 0 amide bonds. The van der Waals surface area contributed by atoms with Crippen LogP contribution in [0.4, 0.5) is 11.4 Å². The zero-order valence-electron chi connectivity index (χ0n) is 24.7. The summed E-state index contributed by atoms with van der Waals surface area (Å²) in [5.74, 6) is 1.13. The standard InChI is InChI=1S/C32H38N4O6S/c1-4-41-28-21-26-27(22-29(28)42-5-2)34-32(37)30(26)31(23-9-7-6-8-10-23)33-24-11-13-25(14-12-24)36(43(3,38)39)16-15-35-17-19-40-20-18-35/h6-14,21-22,34,37H,4-5,15-20H2,1-3H3. The molecule has 228 valence electrons. The Labute approximate surface area is 252 Å². The third kappa shape index (κ3) is 7.12. The zero-order chi connectivity index (χ0) is 30.4. The topological polar surface area (TPSA) is 117 Å². The number of fused-ring (bicyclic) bond motifs is 1. The third-order valence-corrected chi connectivity index (χ3v) is 8.42. The van der Waals surface area contributed by atoms with Crippen LogP contribution in [0.3, 0.4) is 0 Å². The van der Waals surface area contributed by atoms with E-state index >= 15 is 0 Å². The number of aromatic nitrogens is 1. The van der Waals surface area contributed by atoms with Crippen molar-refractivity contribution in [3.8, 4) is 17.4 Å². The van der Waals surface area contributed by atoms with Crippen molar-refractivity contribution in [2.45, 2.75) is 13.8 Å². The zero-order valence-corrected chi connectivity index (χ0v) is 25.6. The fourth-order valence-electron chi connectivity index (χ4n) is 5.19. The summed E-state index contributed by atoms with van der Waals surface area (Å²) >= 11 is 0. The van der Waals surface area contributed by atoms with E-state index in [1.807, 2.05) is 56.3 Å². The Morgan fingerprint density at radius 1 is 1.00 bits per heavy atom. The number of anilines is 1. The summed E-state index contributed by atoms with van der Waals surface area (Å²) in [6, 6.07) is 20.4. The van der Waals surface area contributed by atoms with E-state index in [1.54, 1.807) is 24.3 Å². The van der Waals surface area contributed by atoms with Crippen molar-refractivity contribution in [2.24, 2.45) is 4.99 Å². The maximum atomic E-state index is 12.7. The molecule has 2 N–H and O–H groups in total. The molecule has 0 saturated carbocycles. The minimum Gasteiger partial charge on any atom is -0.494 e. The van der Waals surface area contributed by atoms with Crippen molar-refractivity contribution >= 4 is 38.0 Å². The van der Waals surface area contributed by atoms with Crippen LogP contribution in [0.25, 0.3) is 10.9 Å². The van der Waals surface area contributed by atoms with Crippen molar-refractivity contribution in [2.75, 3.05) is 63.2 Å². The van der Waals surface area contributed by atoms with E-state index in [2.05, 4.69) is 9.88 Å². The second kappa shape index (κ2) is 13.5. The molecule has 2 heterocycles. The highest BCUT2D eigenvalue weighted by Crippen LogP contribution is 2.39. The Hall–Kier alpha value is -4.06. The van der Waals surface area contributed by atoms with Crippen LogP contribution in [0.2, 0.25) is 0 Å². The number of nitrogens with zero attached hydrogens (tertiary/aromatic N) is 3. The first kappa shape index (κ1) is 30.4. The lowest BCUT2D eigenvalue weighted by Gasteiger charge is -2.30. The maximum absolute atomic E-state index is 12.7. The van der Waals surface area contributed by atoms with E-state index in [0.717, 1.165) is 24.0 Å². The van der Waals surface area contributed by atoms with E-state index in [1.165, 1.54) is 10.6 Å². The molecule has 0 unspecified atom stereocenters. The first-order chi connectivity index (χ1) is 20.8. The average Bonchev–Trinajstić information content (AvgIpc) is 3.31. The van der Waals surface area contributed by atoms with Gasteiger partial charge < -0.3 is 24.3 Å². The fraction of sp³-hybridized carbons (Fsp3) is 0.344. The number of aromatic amines is 1. The number of hydrogen-bond donors (Lipinski definition) is 2. The first-order valence-corrected chi connectivity index (χ1v) is 16.3. The van der Waals surface area contributed by atoms with E-state index in [-0.39, 0.29) is 5.88 Å². The number of rotatable bonds is 12. The second-order valence-electron chi connectivity index (χ2n) is 10.2. The molecule has 0 aliphatic carbocycles. The highest BCUT2D eigenvalue weighted by atomic mass is 32.2. The number of nitrogens with one attached hydrogen (secondary N) is 1. The summed E-state index contributed by atoms with van der Waals surface area (Å²) in [7, 11) is -3.50. The summed E-state index contributed by atoms with van der Waals surface area (Å²) in [6.45, 7) is 8.58. The van der Waals surface area contributed by atoms with Crippen molar-refractivity contribution in [3.05, 3.63) is 77.9 Å². The predicted molar refractivity (Wildman–Crippen MR) is 170 cm³/mol. The molecule has 0 spiro atoms. The van der Waals surface area contributed by atoms with Gasteiger partial charge in [-0.1, -0.05) is 30.3 Å². The molecule has 1 fully saturated rings. The number of sulfonamides is 1.